The molecule has 0 aliphatic heterocycles. The Morgan fingerprint density at radius 2 is 1.39 bits per heavy atom. The molecular weight excluding hydrogens is 298 g/mol. The highest BCUT2D eigenvalue weighted by Gasteiger charge is 2.37. The zero-order chi connectivity index (χ0) is 18.6. The van der Waals surface area contributed by atoms with Crippen LogP contribution in [0, 0.1) is 5.41 Å². The Labute approximate surface area is 139 Å². The third-order valence-electron chi connectivity index (χ3n) is 2.67. The molecule has 0 radical (unpaired) electrons. The van der Waals surface area contributed by atoms with E-state index in [1.54, 1.807) is 55.4 Å². The Kier molecular flexibility index (Phi) is 6.63. The normalized spacial score (nSPS) is 12.5. The standard InChI is InChI=1S/C16H31N3O4/c1-14(2,3)22-12(20)9-16(7,8)19(10-11(17)18)13(21)23-15(4,5)6/h9-10H2,1-8H3,(H3,17,18). The van der Waals surface area contributed by atoms with E-state index in [9.17, 15) is 9.59 Å². The van der Waals surface area contributed by atoms with E-state index < -0.39 is 28.8 Å². The summed E-state index contributed by atoms with van der Waals surface area (Å²) in [6.45, 7) is 13.9. The van der Waals surface area contributed by atoms with Gasteiger partial charge in [0.15, 0.2) is 0 Å². The maximum absolute atomic E-state index is 12.4. The summed E-state index contributed by atoms with van der Waals surface area (Å²) in [4.78, 5) is 25.8. The molecular formula is C16H31N3O4. The van der Waals surface area contributed by atoms with Crippen LogP contribution >= 0.6 is 0 Å². The van der Waals surface area contributed by atoms with Gasteiger partial charge in [-0.2, -0.15) is 0 Å². The molecule has 0 aromatic rings. The molecule has 0 fully saturated rings. The van der Waals surface area contributed by atoms with E-state index in [2.05, 4.69) is 0 Å². The van der Waals surface area contributed by atoms with Crippen molar-refractivity contribution in [3.8, 4) is 0 Å². The number of esters is 1. The van der Waals surface area contributed by atoms with Gasteiger partial charge in [0.2, 0.25) is 0 Å². The van der Waals surface area contributed by atoms with Gasteiger partial charge in [0.05, 0.1) is 18.5 Å². The minimum atomic E-state index is -0.906. The summed E-state index contributed by atoms with van der Waals surface area (Å²) < 4.78 is 10.7. The van der Waals surface area contributed by atoms with Crippen LogP contribution in [0.3, 0.4) is 0 Å². The molecule has 0 aromatic carbocycles. The minimum absolute atomic E-state index is 0.0310. The van der Waals surface area contributed by atoms with Crippen molar-refractivity contribution in [1.82, 2.24) is 4.90 Å². The molecule has 0 atom stereocenters. The summed E-state index contributed by atoms with van der Waals surface area (Å²) in [5, 5.41) is 7.47. The van der Waals surface area contributed by atoms with Gasteiger partial charge in [0, 0.05) is 0 Å². The van der Waals surface area contributed by atoms with Crippen molar-refractivity contribution in [1.29, 1.82) is 5.41 Å². The third-order valence-corrected chi connectivity index (χ3v) is 2.67. The lowest BCUT2D eigenvalue weighted by Gasteiger charge is -2.38. The first-order valence-corrected chi connectivity index (χ1v) is 7.59. The first-order chi connectivity index (χ1) is 10.0. The largest absolute Gasteiger partial charge is 0.460 e. The maximum atomic E-state index is 12.4. The fourth-order valence-electron chi connectivity index (χ4n) is 1.84. The first kappa shape index (κ1) is 21.2. The number of nitrogens with one attached hydrogen (secondary N) is 1. The molecule has 0 bridgehead atoms. The van der Waals surface area contributed by atoms with Gasteiger partial charge in [-0.25, -0.2) is 4.79 Å². The number of nitrogens with zero attached hydrogens (tertiary/aromatic N) is 1. The number of carbonyl (C=O) groups is 2. The average molecular weight is 329 g/mol. The van der Waals surface area contributed by atoms with Crippen LogP contribution in [0.2, 0.25) is 0 Å². The fraction of sp³-hybridized carbons (Fsp3) is 0.812. The van der Waals surface area contributed by atoms with Crippen molar-refractivity contribution < 1.29 is 19.1 Å². The van der Waals surface area contributed by atoms with Crippen LogP contribution in [0.25, 0.3) is 0 Å². The molecule has 0 aliphatic rings. The molecule has 1 amide bonds. The topological polar surface area (TPSA) is 106 Å². The molecule has 0 unspecified atom stereocenters. The van der Waals surface area contributed by atoms with Crippen molar-refractivity contribution in [3.05, 3.63) is 0 Å². The van der Waals surface area contributed by atoms with Crippen molar-refractivity contribution >= 4 is 17.9 Å². The average Bonchev–Trinajstić information content (AvgIpc) is 2.18. The second-order valence-electron chi connectivity index (χ2n) is 8.17. The van der Waals surface area contributed by atoms with Crippen LogP contribution in [0.4, 0.5) is 4.79 Å². The molecule has 0 heterocycles. The fourth-order valence-corrected chi connectivity index (χ4v) is 1.84. The van der Waals surface area contributed by atoms with Gasteiger partial charge >= 0.3 is 12.1 Å². The Morgan fingerprint density at radius 1 is 0.957 bits per heavy atom. The van der Waals surface area contributed by atoms with Crippen LogP contribution in [0.5, 0.6) is 0 Å². The van der Waals surface area contributed by atoms with Crippen molar-refractivity contribution in [2.24, 2.45) is 5.73 Å². The molecule has 0 saturated carbocycles. The van der Waals surface area contributed by atoms with Gasteiger partial charge in [-0.1, -0.05) is 0 Å². The zero-order valence-corrected chi connectivity index (χ0v) is 15.6. The van der Waals surface area contributed by atoms with Gasteiger partial charge in [0.1, 0.15) is 17.0 Å². The summed E-state index contributed by atoms with van der Waals surface area (Å²) in [6, 6.07) is 0. The van der Waals surface area contributed by atoms with Crippen LogP contribution in [-0.2, 0) is 14.3 Å². The van der Waals surface area contributed by atoms with Crippen molar-refractivity contribution in [2.45, 2.75) is 78.6 Å². The lowest BCUT2D eigenvalue weighted by molar-refractivity contribution is -0.157. The maximum Gasteiger partial charge on any atom is 0.411 e. The monoisotopic (exact) mass is 329 g/mol. The highest BCUT2D eigenvalue weighted by molar-refractivity contribution is 5.84. The molecule has 7 heteroatoms. The highest BCUT2D eigenvalue weighted by Crippen LogP contribution is 2.24. The number of nitrogens with two attached hydrogens (primary N) is 1. The summed E-state index contributed by atoms with van der Waals surface area (Å²) in [5.41, 5.74) is 3.24. The zero-order valence-electron chi connectivity index (χ0n) is 15.6. The van der Waals surface area contributed by atoms with E-state index in [1.807, 2.05) is 0 Å². The van der Waals surface area contributed by atoms with E-state index in [0.717, 1.165) is 0 Å². The van der Waals surface area contributed by atoms with Crippen LogP contribution in [0.15, 0.2) is 0 Å². The van der Waals surface area contributed by atoms with Crippen LogP contribution in [0.1, 0.15) is 61.8 Å². The predicted molar refractivity (Wildman–Crippen MR) is 89.4 cm³/mol. The second kappa shape index (κ2) is 7.19. The van der Waals surface area contributed by atoms with E-state index in [4.69, 9.17) is 20.6 Å². The SMILES string of the molecule is CC(C)(C)OC(=O)CC(C)(C)N(CC(=N)N)C(=O)OC(C)(C)C. The number of carbonyl (C=O) groups excluding carboxylic acids is 2. The van der Waals surface area contributed by atoms with Crippen molar-refractivity contribution in [3.63, 3.8) is 0 Å². The smallest absolute Gasteiger partial charge is 0.411 e. The highest BCUT2D eigenvalue weighted by atomic mass is 16.6. The van der Waals surface area contributed by atoms with Gasteiger partial charge in [-0.15, -0.1) is 0 Å². The number of hydrogen-bond acceptors (Lipinski definition) is 5. The lowest BCUT2D eigenvalue weighted by Crippen LogP contribution is -2.53. The summed E-state index contributed by atoms with van der Waals surface area (Å²) >= 11 is 0. The lowest BCUT2D eigenvalue weighted by atomic mass is 9.98. The Balaban J connectivity index is 5.24. The third kappa shape index (κ3) is 9.05. The van der Waals surface area contributed by atoms with E-state index >= 15 is 0 Å². The van der Waals surface area contributed by atoms with E-state index in [1.165, 1.54) is 4.90 Å². The summed E-state index contributed by atoms with van der Waals surface area (Å²) in [6.07, 6.45) is -0.655. The van der Waals surface area contributed by atoms with E-state index in [-0.39, 0.29) is 18.8 Å². The van der Waals surface area contributed by atoms with Gasteiger partial charge in [0.25, 0.3) is 0 Å². The molecule has 0 spiro atoms. The molecule has 134 valence electrons. The second-order valence-corrected chi connectivity index (χ2v) is 8.17. The molecule has 23 heavy (non-hydrogen) atoms. The molecule has 0 aromatic heterocycles. The summed E-state index contributed by atoms with van der Waals surface area (Å²) in [7, 11) is 0. The molecule has 7 nitrogen and oxygen atoms in total. The predicted octanol–water partition coefficient (Wildman–Crippen LogP) is 2.67. The first-order valence-electron chi connectivity index (χ1n) is 7.59. The number of hydrogen-bond donors (Lipinski definition) is 2. The molecule has 0 rings (SSSR count). The van der Waals surface area contributed by atoms with Crippen LogP contribution < -0.4 is 5.73 Å². The summed E-state index contributed by atoms with van der Waals surface area (Å²) in [5.74, 6) is -0.618. The Morgan fingerprint density at radius 3 is 1.74 bits per heavy atom. The number of amidine groups is 1. The quantitative estimate of drug-likeness (QED) is 0.458. The molecule has 0 saturated heterocycles. The van der Waals surface area contributed by atoms with Gasteiger partial charge < -0.3 is 15.2 Å². The van der Waals surface area contributed by atoms with Gasteiger partial charge in [-0.3, -0.25) is 15.1 Å². The molecule has 3 N–H and O–H groups in total. The molecule has 0 aliphatic carbocycles. The van der Waals surface area contributed by atoms with Crippen LogP contribution in [-0.4, -0.2) is 46.1 Å². The number of amides is 1. The minimum Gasteiger partial charge on any atom is -0.460 e. The van der Waals surface area contributed by atoms with E-state index in [0.29, 0.717) is 0 Å². The Hall–Kier alpha value is -1.79. The Bertz CT molecular complexity index is 459. The number of rotatable bonds is 5. The number of ether oxygens (including phenoxy) is 2. The van der Waals surface area contributed by atoms with Gasteiger partial charge in [-0.05, 0) is 55.4 Å². The van der Waals surface area contributed by atoms with Crippen molar-refractivity contribution in [2.75, 3.05) is 6.54 Å².